The van der Waals surface area contributed by atoms with Crippen molar-refractivity contribution >= 4 is 11.4 Å². The maximum atomic E-state index is 5.95. The predicted molar refractivity (Wildman–Crippen MR) is 56.2 cm³/mol. The molecule has 0 spiro atoms. The van der Waals surface area contributed by atoms with Crippen LogP contribution < -0.4 is 20.5 Å². The summed E-state index contributed by atoms with van der Waals surface area (Å²) >= 11 is 0. The zero-order chi connectivity index (χ0) is 10.1. The van der Waals surface area contributed by atoms with Crippen molar-refractivity contribution < 1.29 is 9.47 Å². The van der Waals surface area contributed by atoms with Crippen molar-refractivity contribution in [1.82, 2.24) is 0 Å². The molecule has 1 aliphatic rings. The summed E-state index contributed by atoms with van der Waals surface area (Å²) in [5.74, 6) is 1.31. The highest BCUT2D eigenvalue weighted by Gasteiger charge is 2.20. The van der Waals surface area contributed by atoms with Crippen molar-refractivity contribution in [3.8, 4) is 11.5 Å². The Hall–Kier alpha value is -1.58. The molecule has 0 fully saturated rings. The second-order valence-corrected chi connectivity index (χ2v) is 3.24. The number of anilines is 2. The maximum Gasteiger partial charge on any atom is 0.185 e. The zero-order valence-corrected chi connectivity index (χ0v) is 8.39. The Labute approximate surface area is 83.0 Å². The molecular formula is C10H14N2O2. The minimum absolute atomic E-state index is 0.612. The van der Waals surface area contributed by atoms with Gasteiger partial charge in [-0.3, -0.25) is 0 Å². The Morgan fingerprint density at radius 3 is 2.79 bits per heavy atom. The third-order valence-corrected chi connectivity index (χ3v) is 2.48. The lowest BCUT2D eigenvalue weighted by Crippen LogP contribution is -2.00. The van der Waals surface area contributed by atoms with E-state index in [4.69, 9.17) is 15.2 Å². The molecule has 0 atom stereocenters. The Morgan fingerprint density at radius 1 is 1.36 bits per heavy atom. The molecule has 14 heavy (non-hydrogen) atoms. The maximum absolute atomic E-state index is 5.95. The van der Waals surface area contributed by atoms with E-state index in [2.05, 4.69) is 5.32 Å². The smallest absolute Gasteiger partial charge is 0.185 e. The van der Waals surface area contributed by atoms with Crippen molar-refractivity contribution in [2.24, 2.45) is 0 Å². The largest absolute Gasteiger partial charge is 0.493 e. The van der Waals surface area contributed by atoms with Crippen LogP contribution in [0.2, 0.25) is 0 Å². The molecule has 0 radical (unpaired) electrons. The molecule has 1 aromatic rings. The predicted octanol–water partition coefficient (Wildman–Crippen LogP) is 1.25. The number of ether oxygens (including phenoxy) is 2. The fourth-order valence-electron chi connectivity index (χ4n) is 1.81. The summed E-state index contributed by atoms with van der Waals surface area (Å²) in [6.07, 6.45) is 0.986. The van der Waals surface area contributed by atoms with Crippen molar-refractivity contribution in [2.75, 3.05) is 31.8 Å². The van der Waals surface area contributed by atoms with Gasteiger partial charge in [0.25, 0.3) is 0 Å². The number of fused-ring (bicyclic) bond motifs is 1. The van der Waals surface area contributed by atoms with Crippen LogP contribution in [-0.4, -0.2) is 20.8 Å². The third kappa shape index (κ3) is 1.14. The number of rotatable bonds is 2. The molecule has 0 saturated carbocycles. The lowest BCUT2D eigenvalue weighted by atomic mass is 10.1. The average Bonchev–Trinajstić information content (AvgIpc) is 2.65. The summed E-state index contributed by atoms with van der Waals surface area (Å²) in [5, 5.41) is 3.23. The lowest BCUT2D eigenvalue weighted by molar-refractivity contribution is 0.356. The first-order valence-electron chi connectivity index (χ1n) is 4.55. The quantitative estimate of drug-likeness (QED) is 0.696. The van der Waals surface area contributed by atoms with Gasteiger partial charge in [-0.2, -0.15) is 0 Å². The summed E-state index contributed by atoms with van der Waals surface area (Å²) in [5.41, 5.74) is 8.78. The minimum atomic E-state index is 0.612. The standard InChI is InChI=1S/C10H14N2O2/c1-13-7-5-6-3-4-12-9(6)8(11)10(7)14-2/h5,12H,3-4,11H2,1-2H3. The SMILES string of the molecule is COc1cc2c(c(N)c1OC)NCC2. The molecule has 0 aromatic heterocycles. The third-order valence-electron chi connectivity index (χ3n) is 2.48. The molecule has 0 saturated heterocycles. The molecule has 0 unspecified atom stereocenters. The highest BCUT2D eigenvalue weighted by Crippen LogP contribution is 2.43. The van der Waals surface area contributed by atoms with Gasteiger partial charge in [-0.05, 0) is 18.1 Å². The van der Waals surface area contributed by atoms with Gasteiger partial charge in [0.05, 0.1) is 19.9 Å². The molecule has 76 valence electrons. The van der Waals surface area contributed by atoms with Gasteiger partial charge < -0.3 is 20.5 Å². The van der Waals surface area contributed by atoms with Crippen molar-refractivity contribution in [3.05, 3.63) is 11.6 Å². The van der Waals surface area contributed by atoms with E-state index in [1.165, 1.54) is 5.56 Å². The summed E-state index contributed by atoms with van der Waals surface area (Å²) in [6, 6.07) is 1.98. The molecule has 3 N–H and O–H groups in total. The highest BCUT2D eigenvalue weighted by atomic mass is 16.5. The number of nitrogen functional groups attached to an aromatic ring is 1. The topological polar surface area (TPSA) is 56.5 Å². The van der Waals surface area contributed by atoms with Gasteiger partial charge in [0, 0.05) is 6.54 Å². The first-order valence-corrected chi connectivity index (χ1v) is 4.55. The van der Waals surface area contributed by atoms with Crippen molar-refractivity contribution in [3.63, 3.8) is 0 Å². The average molecular weight is 194 g/mol. The van der Waals surface area contributed by atoms with E-state index < -0.39 is 0 Å². The monoisotopic (exact) mass is 194 g/mol. The summed E-state index contributed by atoms with van der Waals surface area (Å²) in [4.78, 5) is 0. The first kappa shape index (κ1) is 8.99. The van der Waals surface area contributed by atoms with Crippen molar-refractivity contribution in [1.29, 1.82) is 0 Å². The van der Waals surface area contributed by atoms with Gasteiger partial charge in [0.2, 0.25) is 0 Å². The number of nitrogens with two attached hydrogens (primary N) is 1. The van der Waals surface area contributed by atoms with Gasteiger partial charge >= 0.3 is 0 Å². The highest BCUT2D eigenvalue weighted by molar-refractivity contribution is 5.81. The first-order chi connectivity index (χ1) is 6.77. The number of nitrogens with one attached hydrogen (secondary N) is 1. The molecule has 1 aromatic carbocycles. The van der Waals surface area contributed by atoms with Crippen LogP contribution >= 0.6 is 0 Å². The molecule has 2 rings (SSSR count). The van der Waals surface area contributed by atoms with Gasteiger partial charge in [-0.25, -0.2) is 0 Å². The fraction of sp³-hybridized carbons (Fsp3) is 0.400. The molecular weight excluding hydrogens is 180 g/mol. The van der Waals surface area contributed by atoms with Crippen LogP contribution in [0, 0.1) is 0 Å². The van der Waals surface area contributed by atoms with Crippen LogP contribution in [-0.2, 0) is 6.42 Å². The summed E-state index contributed by atoms with van der Waals surface area (Å²) < 4.78 is 10.4. The van der Waals surface area contributed by atoms with Gasteiger partial charge in [-0.1, -0.05) is 0 Å². The Balaban J connectivity index is 2.60. The zero-order valence-electron chi connectivity index (χ0n) is 8.39. The van der Waals surface area contributed by atoms with E-state index in [1.54, 1.807) is 14.2 Å². The van der Waals surface area contributed by atoms with Crippen LogP contribution in [0.15, 0.2) is 6.07 Å². The molecule has 0 amide bonds. The van der Waals surface area contributed by atoms with Gasteiger partial charge in [-0.15, -0.1) is 0 Å². The van der Waals surface area contributed by atoms with E-state index >= 15 is 0 Å². The summed E-state index contributed by atoms with van der Waals surface area (Å²) in [7, 11) is 3.21. The molecule has 0 aliphatic carbocycles. The van der Waals surface area contributed by atoms with E-state index in [0.717, 1.165) is 18.7 Å². The number of hydrogen-bond acceptors (Lipinski definition) is 4. The van der Waals surface area contributed by atoms with E-state index in [0.29, 0.717) is 17.2 Å². The Kier molecular flexibility index (Phi) is 2.11. The van der Waals surface area contributed by atoms with Gasteiger partial charge in [0.1, 0.15) is 5.69 Å². The Morgan fingerprint density at radius 2 is 2.14 bits per heavy atom. The fourth-order valence-corrected chi connectivity index (χ4v) is 1.81. The molecule has 4 heteroatoms. The summed E-state index contributed by atoms with van der Waals surface area (Å²) in [6.45, 7) is 0.926. The van der Waals surface area contributed by atoms with E-state index in [-0.39, 0.29) is 0 Å². The molecule has 4 nitrogen and oxygen atoms in total. The van der Waals surface area contributed by atoms with Crippen molar-refractivity contribution in [2.45, 2.75) is 6.42 Å². The number of hydrogen-bond donors (Lipinski definition) is 2. The second kappa shape index (κ2) is 3.29. The van der Waals surface area contributed by atoms with Crippen LogP contribution in [0.5, 0.6) is 11.5 Å². The van der Waals surface area contributed by atoms with Gasteiger partial charge in [0.15, 0.2) is 11.5 Å². The van der Waals surface area contributed by atoms with Crippen LogP contribution in [0.3, 0.4) is 0 Å². The molecule has 1 aliphatic heterocycles. The molecule has 1 heterocycles. The minimum Gasteiger partial charge on any atom is -0.493 e. The number of methoxy groups -OCH3 is 2. The molecule has 0 bridgehead atoms. The normalized spacial score (nSPS) is 13.3. The van der Waals surface area contributed by atoms with E-state index in [9.17, 15) is 0 Å². The van der Waals surface area contributed by atoms with Crippen LogP contribution in [0.4, 0.5) is 11.4 Å². The second-order valence-electron chi connectivity index (χ2n) is 3.24. The van der Waals surface area contributed by atoms with E-state index in [1.807, 2.05) is 6.07 Å². The Bertz CT molecular complexity index is 364. The van der Waals surface area contributed by atoms with Crippen LogP contribution in [0.25, 0.3) is 0 Å². The number of benzene rings is 1. The van der Waals surface area contributed by atoms with Crippen LogP contribution in [0.1, 0.15) is 5.56 Å². The lowest BCUT2D eigenvalue weighted by Gasteiger charge is -2.13.